The molecule has 5 heteroatoms. The number of amides is 1. The fraction of sp³-hybridized carbons (Fsp3) is 0.179. The number of hydrogen-bond donors (Lipinski definition) is 1. The van der Waals surface area contributed by atoms with Crippen LogP contribution in [0, 0.1) is 0 Å². The number of carbonyl (C=O) groups is 1. The predicted molar refractivity (Wildman–Crippen MR) is 133 cm³/mol. The molecule has 0 unspecified atom stereocenters. The average Bonchev–Trinajstić information content (AvgIpc) is 2.84. The summed E-state index contributed by atoms with van der Waals surface area (Å²) in [5, 5.41) is 5.87. The van der Waals surface area contributed by atoms with Crippen LogP contribution < -0.4 is 14.8 Å². The number of fused-ring (bicyclic) bond motifs is 1. The number of hydrogen-bond acceptors (Lipinski definition) is 3. The second kappa shape index (κ2) is 10.4. The monoisotopic (exact) mass is 459 g/mol. The van der Waals surface area contributed by atoms with Gasteiger partial charge in [0.05, 0.1) is 12.6 Å². The van der Waals surface area contributed by atoms with Gasteiger partial charge in [-0.15, -0.1) is 0 Å². The molecule has 33 heavy (non-hydrogen) atoms. The number of carbonyl (C=O) groups excluding carboxylic acids is 1. The van der Waals surface area contributed by atoms with Gasteiger partial charge in [0, 0.05) is 21.5 Å². The second-order valence-corrected chi connectivity index (χ2v) is 8.20. The summed E-state index contributed by atoms with van der Waals surface area (Å²) in [4.78, 5) is 12.9. The first kappa shape index (κ1) is 22.7. The molecule has 0 bridgehead atoms. The maximum absolute atomic E-state index is 12.9. The molecule has 4 aromatic rings. The zero-order valence-electron chi connectivity index (χ0n) is 18.7. The summed E-state index contributed by atoms with van der Waals surface area (Å²) < 4.78 is 11.9. The lowest BCUT2D eigenvalue weighted by atomic mass is 10.1. The maximum atomic E-state index is 12.9. The van der Waals surface area contributed by atoms with E-state index >= 15 is 0 Å². The third-order valence-corrected chi connectivity index (χ3v) is 5.72. The van der Waals surface area contributed by atoms with E-state index in [2.05, 4.69) is 17.4 Å². The van der Waals surface area contributed by atoms with Crippen LogP contribution in [0.5, 0.6) is 11.5 Å². The third-order valence-electron chi connectivity index (χ3n) is 5.47. The predicted octanol–water partition coefficient (Wildman–Crippen LogP) is 6.96. The normalized spacial score (nSPS) is 11.7. The van der Waals surface area contributed by atoms with Crippen molar-refractivity contribution < 1.29 is 14.3 Å². The van der Waals surface area contributed by atoms with Crippen molar-refractivity contribution in [1.29, 1.82) is 0 Å². The van der Waals surface area contributed by atoms with Crippen LogP contribution in [-0.2, 0) is 6.61 Å². The minimum atomic E-state index is -0.160. The molecular weight excluding hydrogens is 434 g/mol. The van der Waals surface area contributed by atoms with E-state index in [-0.39, 0.29) is 18.6 Å². The first-order valence-electron chi connectivity index (χ1n) is 11.0. The molecule has 0 radical (unpaired) electrons. The van der Waals surface area contributed by atoms with Gasteiger partial charge < -0.3 is 14.8 Å². The summed E-state index contributed by atoms with van der Waals surface area (Å²) in [5.41, 5.74) is 2.35. The molecule has 0 aliphatic carbocycles. The van der Waals surface area contributed by atoms with Gasteiger partial charge in [-0.1, -0.05) is 60.1 Å². The quantitative estimate of drug-likeness (QED) is 0.309. The van der Waals surface area contributed by atoms with Gasteiger partial charge in [0.2, 0.25) is 0 Å². The number of halogens is 1. The van der Waals surface area contributed by atoms with E-state index in [1.54, 1.807) is 6.07 Å². The minimum Gasteiger partial charge on any atom is -0.493 e. The lowest BCUT2D eigenvalue weighted by molar-refractivity contribution is 0.0939. The molecule has 4 aromatic carbocycles. The molecule has 0 heterocycles. The highest BCUT2D eigenvalue weighted by Crippen LogP contribution is 2.28. The fourth-order valence-corrected chi connectivity index (χ4v) is 3.85. The molecule has 0 saturated carbocycles. The van der Waals surface area contributed by atoms with Crippen molar-refractivity contribution in [2.24, 2.45) is 0 Å². The zero-order chi connectivity index (χ0) is 23.2. The number of rotatable bonds is 8. The summed E-state index contributed by atoms with van der Waals surface area (Å²) >= 11 is 5.97. The lowest BCUT2D eigenvalue weighted by Crippen LogP contribution is -2.26. The first-order chi connectivity index (χ1) is 16.0. The van der Waals surface area contributed by atoms with E-state index in [9.17, 15) is 4.79 Å². The molecule has 4 nitrogen and oxygen atoms in total. The average molecular weight is 460 g/mol. The van der Waals surface area contributed by atoms with Gasteiger partial charge in [0.1, 0.15) is 18.1 Å². The first-order valence-corrected chi connectivity index (χ1v) is 11.4. The largest absolute Gasteiger partial charge is 0.493 e. The van der Waals surface area contributed by atoms with E-state index in [1.807, 2.05) is 80.6 Å². The molecule has 1 amide bonds. The van der Waals surface area contributed by atoms with Gasteiger partial charge in [-0.3, -0.25) is 4.79 Å². The lowest BCUT2D eigenvalue weighted by Gasteiger charge is -2.17. The Morgan fingerprint density at radius 3 is 2.45 bits per heavy atom. The highest BCUT2D eigenvalue weighted by Gasteiger charge is 2.15. The number of nitrogens with one attached hydrogen (secondary N) is 1. The van der Waals surface area contributed by atoms with Crippen molar-refractivity contribution in [3.63, 3.8) is 0 Å². The smallest absolute Gasteiger partial charge is 0.251 e. The van der Waals surface area contributed by atoms with Gasteiger partial charge in [-0.2, -0.15) is 0 Å². The summed E-state index contributed by atoms with van der Waals surface area (Å²) in [6.45, 7) is 4.70. The van der Waals surface area contributed by atoms with Crippen LogP contribution >= 0.6 is 11.6 Å². The highest BCUT2D eigenvalue weighted by molar-refractivity contribution is 6.30. The van der Waals surface area contributed by atoms with Gasteiger partial charge >= 0.3 is 0 Å². The zero-order valence-corrected chi connectivity index (χ0v) is 19.4. The van der Waals surface area contributed by atoms with E-state index in [0.29, 0.717) is 22.9 Å². The Morgan fingerprint density at radius 1 is 0.909 bits per heavy atom. The molecule has 0 saturated heterocycles. The van der Waals surface area contributed by atoms with E-state index in [4.69, 9.17) is 21.1 Å². The van der Waals surface area contributed by atoms with Gasteiger partial charge in [-0.05, 0) is 61.2 Å². The summed E-state index contributed by atoms with van der Waals surface area (Å²) in [5.74, 6) is 1.34. The van der Waals surface area contributed by atoms with Gasteiger partial charge in [-0.25, -0.2) is 0 Å². The molecule has 0 aliphatic heterocycles. The fourth-order valence-electron chi connectivity index (χ4n) is 3.72. The van der Waals surface area contributed by atoms with Crippen molar-refractivity contribution in [3.05, 3.63) is 107 Å². The minimum absolute atomic E-state index is 0.156. The molecular formula is C28H26ClNO3. The van der Waals surface area contributed by atoms with E-state index < -0.39 is 0 Å². The van der Waals surface area contributed by atoms with Crippen LogP contribution in [0.4, 0.5) is 0 Å². The molecule has 0 aliphatic rings. The Hall–Kier alpha value is -3.50. The van der Waals surface area contributed by atoms with Crippen molar-refractivity contribution in [1.82, 2.24) is 5.32 Å². The van der Waals surface area contributed by atoms with Gasteiger partial charge in [0.25, 0.3) is 5.91 Å². The van der Waals surface area contributed by atoms with Crippen molar-refractivity contribution in [2.45, 2.75) is 26.5 Å². The Labute approximate surface area is 199 Å². The summed E-state index contributed by atoms with van der Waals surface area (Å²) in [6, 6.07) is 26.8. The Morgan fingerprint density at radius 2 is 1.67 bits per heavy atom. The number of ether oxygens (including phenoxy) is 2. The molecule has 1 atom stereocenters. The second-order valence-electron chi connectivity index (χ2n) is 7.77. The van der Waals surface area contributed by atoms with Gasteiger partial charge in [0.15, 0.2) is 0 Å². The highest BCUT2D eigenvalue weighted by atomic mass is 35.5. The summed E-state index contributed by atoms with van der Waals surface area (Å²) in [7, 11) is 0. The SMILES string of the molecule is CCOc1ccc(C(=O)N[C@H](C)c2ccc(Cl)cc2)cc1COc1cccc2ccccc12. The Kier molecular flexibility index (Phi) is 7.16. The van der Waals surface area contributed by atoms with Crippen LogP contribution in [0.1, 0.15) is 41.4 Å². The van der Waals surface area contributed by atoms with E-state index in [0.717, 1.165) is 27.6 Å². The standard InChI is InChI=1S/C28H26ClNO3/c1-3-32-26-16-13-22(28(31)30-19(2)20-11-14-24(29)15-12-20)17-23(26)18-33-27-10-6-8-21-7-4-5-9-25(21)27/h4-17,19H,3,18H2,1-2H3,(H,30,31)/t19-/m1/s1. The molecule has 1 N–H and O–H groups in total. The van der Waals surface area contributed by atoms with Crippen LogP contribution in [0.15, 0.2) is 84.9 Å². The van der Waals surface area contributed by atoms with Crippen molar-refractivity contribution >= 4 is 28.3 Å². The van der Waals surface area contributed by atoms with Crippen LogP contribution in [0.3, 0.4) is 0 Å². The maximum Gasteiger partial charge on any atom is 0.251 e. The topological polar surface area (TPSA) is 47.6 Å². The Balaban J connectivity index is 1.53. The van der Waals surface area contributed by atoms with Crippen LogP contribution in [0.2, 0.25) is 5.02 Å². The van der Waals surface area contributed by atoms with E-state index in [1.165, 1.54) is 0 Å². The molecule has 0 fully saturated rings. The third kappa shape index (κ3) is 5.47. The summed E-state index contributed by atoms with van der Waals surface area (Å²) in [6.07, 6.45) is 0. The molecule has 0 aromatic heterocycles. The van der Waals surface area contributed by atoms with Crippen molar-refractivity contribution in [2.75, 3.05) is 6.61 Å². The molecule has 168 valence electrons. The van der Waals surface area contributed by atoms with Crippen LogP contribution in [-0.4, -0.2) is 12.5 Å². The molecule has 0 spiro atoms. The number of benzene rings is 4. The Bertz CT molecular complexity index is 1250. The molecule has 4 rings (SSSR count). The van der Waals surface area contributed by atoms with Crippen LogP contribution in [0.25, 0.3) is 10.8 Å². The van der Waals surface area contributed by atoms with Crippen molar-refractivity contribution in [3.8, 4) is 11.5 Å².